The molecule has 1 aliphatic heterocycles. The fourth-order valence-corrected chi connectivity index (χ4v) is 4.12. The summed E-state index contributed by atoms with van der Waals surface area (Å²) in [5, 5.41) is 5.74. The summed E-state index contributed by atoms with van der Waals surface area (Å²) in [7, 11) is 0. The van der Waals surface area contributed by atoms with E-state index in [0.717, 1.165) is 48.0 Å². The molecule has 0 bridgehead atoms. The van der Waals surface area contributed by atoms with Crippen molar-refractivity contribution in [2.24, 2.45) is 0 Å². The van der Waals surface area contributed by atoms with Crippen LogP contribution in [0.1, 0.15) is 31.7 Å². The summed E-state index contributed by atoms with van der Waals surface area (Å²) in [6, 6.07) is 10.3. The number of nitrogens with zero attached hydrogens (tertiary/aromatic N) is 4. The van der Waals surface area contributed by atoms with E-state index in [-0.39, 0.29) is 11.8 Å². The zero-order valence-electron chi connectivity index (χ0n) is 14.5. The molecule has 134 valence electrons. The van der Waals surface area contributed by atoms with Crippen LogP contribution < -0.4 is 5.73 Å². The van der Waals surface area contributed by atoms with Crippen LogP contribution in [0.15, 0.2) is 36.7 Å². The van der Waals surface area contributed by atoms with Crippen molar-refractivity contribution < 1.29 is 9.47 Å². The summed E-state index contributed by atoms with van der Waals surface area (Å²) in [6.45, 7) is 1.38. The number of anilines is 1. The van der Waals surface area contributed by atoms with Crippen LogP contribution in [-0.2, 0) is 9.47 Å². The highest BCUT2D eigenvalue weighted by Gasteiger charge is 2.41. The Balaban J connectivity index is 1.56. The molecular weight excluding hydrogens is 330 g/mol. The van der Waals surface area contributed by atoms with E-state index in [1.165, 1.54) is 6.33 Å². The minimum atomic E-state index is -0.379. The SMILES string of the molecule is Nc1ncnc2c1c(-c1ccccc1)nn2C1CCC2(CC1)OCCO2. The van der Waals surface area contributed by atoms with Gasteiger partial charge in [0, 0.05) is 18.4 Å². The van der Waals surface area contributed by atoms with E-state index in [0.29, 0.717) is 19.0 Å². The predicted molar refractivity (Wildman–Crippen MR) is 97.3 cm³/mol. The first-order chi connectivity index (χ1) is 12.8. The second-order valence-corrected chi connectivity index (χ2v) is 6.96. The standard InChI is InChI=1S/C19H21N5O2/c20-17-15-16(13-4-2-1-3-5-13)23-24(18(15)22-12-21-17)14-6-8-19(9-7-14)25-10-11-26-19/h1-5,12,14H,6-11H2,(H2,20,21,22). The van der Waals surface area contributed by atoms with Crippen molar-refractivity contribution in [3.63, 3.8) is 0 Å². The molecule has 26 heavy (non-hydrogen) atoms. The van der Waals surface area contributed by atoms with E-state index in [1.54, 1.807) is 0 Å². The van der Waals surface area contributed by atoms with E-state index in [1.807, 2.05) is 35.0 Å². The first-order valence-corrected chi connectivity index (χ1v) is 9.08. The number of hydrogen-bond donors (Lipinski definition) is 1. The Labute approximate surface area is 151 Å². The molecule has 1 saturated carbocycles. The molecule has 2 aromatic heterocycles. The van der Waals surface area contributed by atoms with Gasteiger partial charge in [-0.2, -0.15) is 5.10 Å². The lowest BCUT2D eigenvalue weighted by Crippen LogP contribution is -2.36. The highest BCUT2D eigenvalue weighted by atomic mass is 16.7. The molecule has 1 aliphatic carbocycles. The number of rotatable bonds is 2. The van der Waals surface area contributed by atoms with E-state index in [9.17, 15) is 0 Å². The van der Waals surface area contributed by atoms with Gasteiger partial charge >= 0.3 is 0 Å². The summed E-state index contributed by atoms with van der Waals surface area (Å²) >= 11 is 0. The summed E-state index contributed by atoms with van der Waals surface area (Å²) in [4.78, 5) is 8.68. The average Bonchev–Trinajstić information content (AvgIpc) is 3.29. The summed E-state index contributed by atoms with van der Waals surface area (Å²) in [5.41, 5.74) is 8.84. The van der Waals surface area contributed by atoms with Crippen LogP contribution in [0.2, 0.25) is 0 Å². The molecule has 2 aliphatic rings. The normalized spacial score (nSPS) is 20.2. The van der Waals surface area contributed by atoms with E-state index >= 15 is 0 Å². The maximum absolute atomic E-state index is 6.19. The van der Waals surface area contributed by atoms with Crippen molar-refractivity contribution in [3.8, 4) is 11.3 Å². The molecule has 2 N–H and O–H groups in total. The maximum atomic E-state index is 6.19. The van der Waals surface area contributed by atoms with Gasteiger partial charge in [-0.25, -0.2) is 14.6 Å². The quantitative estimate of drug-likeness (QED) is 0.764. The zero-order valence-corrected chi connectivity index (χ0v) is 14.5. The number of fused-ring (bicyclic) bond motifs is 1. The summed E-state index contributed by atoms with van der Waals surface area (Å²) in [5.74, 6) is 0.0882. The Morgan fingerprint density at radius 3 is 2.50 bits per heavy atom. The topological polar surface area (TPSA) is 88.1 Å². The molecule has 3 aromatic rings. The second kappa shape index (κ2) is 6.03. The largest absolute Gasteiger partial charge is 0.383 e. The van der Waals surface area contributed by atoms with Crippen LogP contribution in [0, 0.1) is 0 Å². The highest BCUT2D eigenvalue weighted by Crippen LogP contribution is 2.42. The van der Waals surface area contributed by atoms with Crippen molar-refractivity contribution in [2.75, 3.05) is 18.9 Å². The Hall–Kier alpha value is -2.51. The van der Waals surface area contributed by atoms with Crippen LogP contribution in [0.3, 0.4) is 0 Å². The van der Waals surface area contributed by atoms with Gasteiger partial charge in [0.1, 0.15) is 17.8 Å². The lowest BCUT2D eigenvalue weighted by atomic mass is 9.90. The number of nitrogens with two attached hydrogens (primary N) is 1. The number of aromatic nitrogens is 4. The molecule has 0 radical (unpaired) electrons. The molecule has 0 amide bonds. The molecule has 1 aromatic carbocycles. The van der Waals surface area contributed by atoms with Crippen LogP contribution >= 0.6 is 0 Å². The van der Waals surface area contributed by atoms with Crippen LogP contribution in [0.5, 0.6) is 0 Å². The van der Waals surface area contributed by atoms with Gasteiger partial charge in [-0.15, -0.1) is 0 Å². The molecule has 1 spiro atoms. The Bertz CT molecular complexity index is 924. The zero-order chi connectivity index (χ0) is 17.6. The first-order valence-electron chi connectivity index (χ1n) is 9.08. The van der Waals surface area contributed by atoms with E-state index in [4.69, 9.17) is 20.3 Å². The van der Waals surface area contributed by atoms with Crippen LogP contribution in [0.4, 0.5) is 5.82 Å². The molecule has 0 atom stereocenters. The first kappa shape index (κ1) is 15.7. The van der Waals surface area contributed by atoms with Gasteiger partial charge in [-0.05, 0) is 12.8 Å². The monoisotopic (exact) mass is 351 g/mol. The number of nitrogen functional groups attached to an aromatic ring is 1. The van der Waals surface area contributed by atoms with E-state index in [2.05, 4.69) is 9.97 Å². The molecule has 7 nitrogen and oxygen atoms in total. The highest BCUT2D eigenvalue weighted by molar-refractivity contribution is 5.98. The Morgan fingerprint density at radius 2 is 1.77 bits per heavy atom. The summed E-state index contributed by atoms with van der Waals surface area (Å²) < 4.78 is 13.7. The van der Waals surface area contributed by atoms with Gasteiger partial charge in [-0.3, -0.25) is 0 Å². The lowest BCUT2D eigenvalue weighted by Gasteiger charge is -2.35. The molecular formula is C19H21N5O2. The van der Waals surface area contributed by atoms with Gasteiger partial charge < -0.3 is 15.2 Å². The Kier molecular flexibility index (Phi) is 3.65. The summed E-state index contributed by atoms with van der Waals surface area (Å²) in [6.07, 6.45) is 5.14. The predicted octanol–water partition coefficient (Wildman–Crippen LogP) is 2.93. The van der Waals surface area contributed by atoms with Crippen LogP contribution in [-0.4, -0.2) is 38.7 Å². The van der Waals surface area contributed by atoms with Gasteiger partial charge in [0.05, 0.1) is 24.6 Å². The smallest absolute Gasteiger partial charge is 0.168 e. The van der Waals surface area contributed by atoms with Crippen molar-refractivity contribution in [3.05, 3.63) is 36.7 Å². The van der Waals surface area contributed by atoms with Crippen molar-refractivity contribution in [1.82, 2.24) is 19.7 Å². The van der Waals surface area contributed by atoms with Crippen molar-refractivity contribution in [2.45, 2.75) is 37.5 Å². The third kappa shape index (κ3) is 2.47. The molecule has 2 fully saturated rings. The van der Waals surface area contributed by atoms with Gasteiger partial charge in [0.25, 0.3) is 0 Å². The van der Waals surface area contributed by atoms with Gasteiger partial charge in [-0.1, -0.05) is 30.3 Å². The van der Waals surface area contributed by atoms with Crippen molar-refractivity contribution >= 4 is 16.9 Å². The Morgan fingerprint density at radius 1 is 1.04 bits per heavy atom. The van der Waals surface area contributed by atoms with Gasteiger partial charge in [0.2, 0.25) is 0 Å². The lowest BCUT2D eigenvalue weighted by molar-refractivity contribution is -0.181. The third-order valence-electron chi connectivity index (χ3n) is 5.44. The molecule has 1 saturated heterocycles. The maximum Gasteiger partial charge on any atom is 0.168 e. The fraction of sp³-hybridized carbons (Fsp3) is 0.421. The number of ether oxygens (including phenoxy) is 2. The van der Waals surface area contributed by atoms with Gasteiger partial charge in [0.15, 0.2) is 11.4 Å². The average molecular weight is 351 g/mol. The molecule has 7 heteroatoms. The third-order valence-corrected chi connectivity index (χ3v) is 5.44. The fourth-order valence-electron chi connectivity index (χ4n) is 4.12. The van der Waals surface area contributed by atoms with Crippen molar-refractivity contribution in [1.29, 1.82) is 0 Å². The minimum Gasteiger partial charge on any atom is -0.383 e. The molecule has 5 rings (SSSR count). The second-order valence-electron chi connectivity index (χ2n) is 6.96. The minimum absolute atomic E-state index is 0.252. The number of benzene rings is 1. The van der Waals surface area contributed by atoms with Crippen LogP contribution in [0.25, 0.3) is 22.3 Å². The van der Waals surface area contributed by atoms with E-state index < -0.39 is 0 Å². The molecule has 0 unspecified atom stereocenters. The number of hydrogen-bond acceptors (Lipinski definition) is 6. The molecule has 3 heterocycles.